The Hall–Kier alpha value is -2.26. The van der Waals surface area contributed by atoms with Gasteiger partial charge in [0, 0.05) is 26.2 Å². The minimum absolute atomic E-state index is 0.518. The Morgan fingerprint density at radius 2 is 2.10 bits per heavy atom. The first-order chi connectivity index (χ1) is 9.56. The molecule has 2 heterocycles. The molecule has 106 valence electrons. The van der Waals surface area contributed by atoms with Crippen LogP contribution in [0.1, 0.15) is 5.56 Å². The summed E-state index contributed by atoms with van der Waals surface area (Å²) in [5.41, 5.74) is 2.23. The lowest BCUT2D eigenvalue weighted by atomic mass is 10.2. The molecule has 0 aliphatic heterocycles. The molecule has 0 fully saturated rings. The number of hydrogen-bond donors (Lipinski definition) is 0. The van der Waals surface area contributed by atoms with Crippen molar-refractivity contribution in [3.8, 4) is 11.8 Å². The Bertz CT molecular complexity index is 641. The number of pyridine rings is 1. The summed E-state index contributed by atoms with van der Waals surface area (Å²) < 4.78 is 7.09. The van der Waals surface area contributed by atoms with Crippen molar-refractivity contribution in [3.05, 3.63) is 24.0 Å². The van der Waals surface area contributed by atoms with E-state index in [0.717, 1.165) is 18.8 Å². The number of nitriles is 1. The minimum atomic E-state index is 0.518. The van der Waals surface area contributed by atoms with E-state index in [1.165, 1.54) is 0 Å². The molecule has 2 aromatic heterocycles. The van der Waals surface area contributed by atoms with Gasteiger partial charge in [-0.1, -0.05) is 0 Å². The molecular formula is C14H19N5O. The Labute approximate surface area is 118 Å². The zero-order chi connectivity index (χ0) is 14.7. The number of aromatic nitrogens is 2. The van der Waals surface area contributed by atoms with Crippen LogP contribution in [0.5, 0.6) is 5.75 Å². The molecule has 20 heavy (non-hydrogen) atoms. The number of methoxy groups -OCH3 is 1. The van der Waals surface area contributed by atoms with E-state index < -0.39 is 0 Å². The van der Waals surface area contributed by atoms with Crippen LogP contribution in [-0.4, -0.2) is 55.9 Å². The van der Waals surface area contributed by atoms with Gasteiger partial charge in [0.15, 0.2) is 0 Å². The topological polar surface area (TPSA) is 56.8 Å². The van der Waals surface area contributed by atoms with Gasteiger partial charge in [0.1, 0.15) is 22.9 Å². The highest BCUT2D eigenvalue weighted by atomic mass is 16.5. The molecule has 0 aromatic carbocycles. The van der Waals surface area contributed by atoms with Gasteiger partial charge in [-0.15, -0.1) is 0 Å². The molecule has 0 N–H and O–H groups in total. The van der Waals surface area contributed by atoms with Gasteiger partial charge in [-0.3, -0.25) is 0 Å². The maximum atomic E-state index is 9.09. The fraction of sp³-hybridized carbons (Fsp3) is 0.429. The zero-order valence-electron chi connectivity index (χ0n) is 12.3. The fourth-order valence-corrected chi connectivity index (χ4v) is 2.00. The van der Waals surface area contributed by atoms with Crippen LogP contribution >= 0.6 is 0 Å². The number of likely N-dealkylation sites (N-methyl/N-ethyl adjacent to an activating group) is 2. The van der Waals surface area contributed by atoms with Crippen LogP contribution < -0.4 is 9.64 Å². The van der Waals surface area contributed by atoms with Gasteiger partial charge in [0.05, 0.1) is 25.2 Å². The predicted octanol–water partition coefficient (Wildman–Crippen LogP) is 1.21. The van der Waals surface area contributed by atoms with Gasteiger partial charge in [0.25, 0.3) is 0 Å². The monoisotopic (exact) mass is 273 g/mol. The highest BCUT2D eigenvalue weighted by molar-refractivity contribution is 5.72. The molecule has 0 saturated heterocycles. The third-order valence-corrected chi connectivity index (χ3v) is 3.23. The molecule has 2 aromatic rings. The van der Waals surface area contributed by atoms with Crippen LogP contribution in [0.15, 0.2) is 18.5 Å². The number of nitrogens with zero attached hydrogens (tertiary/aromatic N) is 5. The number of anilines is 1. The second-order valence-electron chi connectivity index (χ2n) is 4.95. The van der Waals surface area contributed by atoms with E-state index in [9.17, 15) is 0 Å². The summed E-state index contributed by atoms with van der Waals surface area (Å²) in [4.78, 5) is 4.27. The van der Waals surface area contributed by atoms with Crippen molar-refractivity contribution in [2.75, 3.05) is 46.2 Å². The third-order valence-electron chi connectivity index (χ3n) is 3.23. The number of hydrogen-bond acceptors (Lipinski definition) is 5. The van der Waals surface area contributed by atoms with E-state index in [1.54, 1.807) is 17.8 Å². The van der Waals surface area contributed by atoms with Gasteiger partial charge in [-0.05, 0) is 14.1 Å². The molecule has 0 amide bonds. The molecule has 6 nitrogen and oxygen atoms in total. The standard InChI is InChI=1S/C14H19N5O/c1-17(2)5-6-18(3)12-7-13(20-4)14-11(8-15)9-16-19(14)10-12/h7,9-10H,5-6H2,1-4H3. The van der Waals surface area contributed by atoms with Crippen molar-refractivity contribution in [3.63, 3.8) is 0 Å². The average molecular weight is 273 g/mol. The average Bonchev–Trinajstić information content (AvgIpc) is 2.86. The summed E-state index contributed by atoms with van der Waals surface area (Å²) in [5.74, 6) is 0.660. The van der Waals surface area contributed by atoms with Gasteiger partial charge < -0.3 is 14.5 Å². The van der Waals surface area contributed by atoms with Crippen LogP contribution in [0.3, 0.4) is 0 Å². The summed E-state index contributed by atoms with van der Waals surface area (Å²) >= 11 is 0. The van der Waals surface area contributed by atoms with E-state index >= 15 is 0 Å². The smallest absolute Gasteiger partial charge is 0.148 e. The van der Waals surface area contributed by atoms with Crippen molar-refractivity contribution in [1.29, 1.82) is 5.26 Å². The second kappa shape index (κ2) is 5.80. The van der Waals surface area contributed by atoms with Gasteiger partial charge in [0.2, 0.25) is 0 Å². The molecule has 6 heteroatoms. The second-order valence-corrected chi connectivity index (χ2v) is 4.95. The minimum Gasteiger partial charge on any atom is -0.494 e. The summed E-state index contributed by atoms with van der Waals surface area (Å²) in [5, 5.41) is 13.3. The Morgan fingerprint density at radius 1 is 1.35 bits per heavy atom. The highest BCUT2D eigenvalue weighted by Gasteiger charge is 2.13. The molecule has 2 rings (SSSR count). The van der Waals surface area contributed by atoms with Crippen LogP contribution in [0.25, 0.3) is 5.52 Å². The molecular weight excluding hydrogens is 254 g/mol. The largest absolute Gasteiger partial charge is 0.494 e. The van der Waals surface area contributed by atoms with Crippen molar-refractivity contribution >= 4 is 11.2 Å². The van der Waals surface area contributed by atoms with Gasteiger partial charge in [-0.25, -0.2) is 4.52 Å². The van der Waals surface area contributed by atoms with E-state index in [4.69, 9.17) is 10.00 Å². The molecule has 0 radical (unpaired) electrons. The fourth-order valence-electron chi connectivity index (χ4n) is 2.00. The predicted molar refractivity (Wildman–Crippen MR) is 78.3 cm³/mol. The van der Waals surface area contributed by atoms with Crippen LogP contribution in [0, 0.1) is 11.3 Å². The summed E-state index contributed by atoms with van der Waals surface area (Å²) in [7, 11) is 7.72. The van der Waals surface area contributed by atoms with E-state index in [2.05, 4.69) is 21.0 Å². The maximum Gasteiger partial charge on any atom is 0.148 e. The lowest BCUT2D eigenvalue weighted by Gasteiger charge is -2.22. The number of ether oxygens (including phenoxy) is 1. The van der Waals surface area contributed by atoms with Crippen molar-refractivity contribution in [2.45, 2.75) is 0 Å². The Morgan fingerprint density at radius 3 is 2.70 bits per heavy atom. The van der Waals surface area contributed by atoms with Crippen LogP contribution in [-0.2, 0) is 0 Å². The van der Waals surface area contributed by atoms with E-state index in [0.29, 0.717) is 16.8 Å². The molecule has 0 aliphatic rings. The Balaban J connectivity index is 2.39. The quantitative estimate of drug-likeness (QED) is 0.819. The first kappa shape index (κ1) is 14.2. The third kappa shape index (κ3) is 2.68. The summed E-state index contributed by atoms with van der Waals surface area (Å²) in [6.07, 6.45) is 3.47. The van der Waals surface area contributed by atoms with E-state index in [1.807, 2.05) is 33.4 Å². The van der Waals surface area contributed by atoms with Crippen molar-refractivity contribution in [1.82, 2.24) is 14.5 Å². The normalized spacial score (nSPS) is 10.8. The molecule has 0 unspecified atom stereocenters. The zero-order valence-corrected chi connectivity index (χ0v) is 12.3. The SMILES string of the molecule is COc1cc(N(C)CCN(C)C)cn2ncc(C#N)c12. The van der Waals surface area contributed by atoms with Crippen LogP contribution in [0.4, 0.5) is 5.69 Å². The Kier molecular flexibility index (Phi) is 4.11. The van der Waals surface area contributed by atoms with Crippen molar-refractivity contribution in [2.24, 2.45) is 0 Å². The lowest BCUT2D eigenvalue weighted by molar-refractivity contribution is 0.413. The summed E-state index contributed by atoms with van der Waals surface area (Å²) in [6.45, 7) is 1.85. The highest BCUT2D eigenvalue weighted by Crippen LogP contribution is 2.28. The lowest BCUT2D eigenvalue weighted by Crippen LogP contribution is -2.28. The van der Waals surface area contributed by atoms with Gasteiger partial charge in [-0.2, -0.15) is 10.4 Å². The van der Waals surface area contributed by atoms with Crippen LogP contribution in [0.2, 0.25) is 0 Å². The first-order valence-electron chi connectivity index (χ1n) is 6.38. The summed E-state index contributed by atoms with van der Waals surface area (Å²) in [6, 6.07) is 4.07. The molecule has 0 bridgehead atoms. The van der Waals surface area contributed by atoms with E-state index in [-0.39, 0.29) is 0 Å². The van der Waals surface area contributed by atoms with Gasteiger partial charge >= 0.3 is 0 Å². The molecule has 0 aliphatic carbocycles. The van der Waals surface area contributed by atoms with Crippen molar-refractivity contribution < 1.29 is 4.74 Å². The molecule has 0 saturated carbocycles. The number of rotatable bonds is 5. The molecule has 0 atom stereocenters. The molecule has 0 spiro atoms. The first-order valence-corrected chi connectivity index (χ1v) is 6.38. The number of fused-ring (bicyclic) bond motifs is 1. The maximum absolute atomic E-state index is 9.09.